The number of nitrogens with one attached hydrogen (secondary N) is 1. The number of hydrogen-bond donors (Lipinski definition) is 1. The Labute approximate surface area is 180 Å². The molecule has 0 aliphatic heterocycles. The van der Waals surface area contributed by atoms with Gasteiger partial charge in [0.1, 0.15) is 12.3 Å². The zero-order valence-electron chi connectivity index (χ0n) is 17.4. The first kappa shape index (κ1) is 21.8. The molecule has 0 unspecified atom stereocenters. The van der Waals surface area contributed by atoms with Crippen molar-refractivity contribution in [2.75, 3.05) is 18.1 Å². The average Bonchev–Trinajstić information content (AvgIpc) is 2.79. The summed E-state index contributed by atoms with van der Waals surface area (Å²) in [6, 6.07) is 14.2. The van der Waals surface area contributed by atoms with Crippen molar-refractivity contribution in [2.24, 2.45) is 0 Å². The van der Waals surface area contributed by atoms with Gasteiger partial charge in [0.15, 0.2) is 0 Å². The third-order valence-electron chi connectivity index (χ3n) is 4.27. The summed E-state index contributed by atoms with van der Waals surface area (Å²) in [6.45, 7) is 3.99. The van der Waals surface area contributed by atoms with Crippen LogP contribution in [0.25, 0.3) is 0 Å². The molecule has 1 N–H and O–H groups in total. The summed E-state index contributed by atoms with van der Waals surface area (Å²) in [5.41, 5.74) is 2.51. The summed E-state index contributed by atoms with van der Waals surface area (Å²) in [5, 5.41) is 2.58. The Morgan fingerprint density at radius 1 is 1.06 bits per heavy atom. The van der Waals surface area contributed by atoms with E-state index in [2.05, 4.69) is 15.3 Å². The predicted molar refractivity (Wildman–Crippen MR) is 116 cm³/mol. The molecule has 8 heteroatoms. The van der Waals surface area contributed by atoms with Crippen LogP contribution in [0.4, 0.5) is 10.5 Å². The molecule has 0 bridgehead atoms. The monoisotopic (exact) mass is 420 g/mol. The van der Waals surface area contributed by atoms with E-state index in [0.717, 1.165) is 11.1 Å². The standard InChI is InChI=1S/C23H24N4O4/c1-3-30-22(28)15-26-23(29)27(16-18-5-4-12-24-13-18)19-8-11-21(25-14-19)31-20-9-6-17(2)7-10-20/h4-14H,3,15-16H2,1-2H3,(H,26,29). The van der Waals surface area contributed by atoms with Crippen molar-refractivity contribution in [3.8, 4) is 11.6 Å². The molecule has 0 aliphatic carbocycles. The first-order valence-corrected chi connectivity index (χ1v) is 9.85. The van der Waals surface area contributed by atoms with Crippen LogP contribution in [-0.4, -0.2) is 35.1 Å². The van der Waals surface area contributed by atoms with Gasteiger partial charge in [-0.15, -0.1) is 0 Å². The number of carbonyl (C=O) groups excluding carboxylic acids is 2. The van der Waals surface area contributed by atoms with Crippen molar-refractivity contribution in [2.45, 2.75) is 20.4 Å². The first-order valence-electron chi connectivity index (χ1n) is 9.85. The Balaban J connectivity index is 1.74. The molecular formula is C23H24N4O4. The molecule has 0 radical (unpaired) electrons. The summed E-state index contributed by atoms with van der Waals surface area (Å²) in [4.78, 5) is 34.3. The smallest absolute Gasteiger partial charge is 0.325 e. The minimum atomic E-state index is -0.503. The van der Waals surface area contributed by atoms with Gasteiger partial charge in [-0.1, -0.05) is 23.8 Å². The Bertz CT molecular complexity index is 992. The second-order valence-corrected chi connectivity index (χ2v) is 6.68. The molecule has 0 aliphatic rings. The quantitative estimate of drug-likeness (QED) is 0.556. The van der Waals surface area contributed by atoms with Gasteiger partial charge in [-0.3, -0.25) is 14.7 Å². The SMILES string of the molecule is CCOC(=O)CNC(=O)N(Cc1cccnc1)c1ccc(Oc2ccc(C)cc2)nc1. The van der Waals surface area contributed by atoms with E-state index in [-0.39, 0.29) is 19.7 Å². The molecule has 0 spiro atoms. The van der Waals surface area contributed by atoms with Gasteiger partial charge in [0.2, 0.25) is 5.88 Å². The minimum absolute atomic E-state index is 0.224. The fourth-order valence-electron chi connectivity index (χ4n) is 2.73. The van der Waals surface area contributed by atoms with Crippen LogP contribution in [0.15, 0.2) is 67.1 Å². The molecule has 2 heterocycles. The highest BCUT2D eigenvalue weighted by molar-refractivity contribution is 5.93. The average molecular weight is 420 g/mol. The molecule has 2 amide bonds. The number of nitrogens with zero attached hydrogens (tertiary/aromatic N) is 3. The Morgan fingerprint density at radius 3 is 2.52 bits per heavy atom. The van der Waals surface area contributed by atoms with Gasteiger partial charge in [-0.05, 0) is 43.7 Å². The maximum absolute atomic E-state index is 12.8. The summed E-state index contributed by atoms with van der Waals surface area (Å²) in [6.07, 6.45) is 4.88. The second-order valence-electron chi connectivity index (χ2n) is 6.68. The topological polar surface area (TPSA) is 93.7 Å². The van der Waals surface area contributed by atoms with E-state index in [1.165, 1.54) is 4.90 Å². The Kier molecular flexibility index (Phi) is 7.53. The lowest BCUT2D eigenvalue weighted by molar-refractivity contribution is -0.141. The molecule has 31 heavy (non-hydrogen) atoms. The van der Waals surface area contributed by atoms with Crippen molar-refractivity contribution in [1.29, 1.82) is 0 Å². The molecule has 0 atom stereocenters. The highest BCUT2D eigenvalue weighted by Gasteiger charge is 2.18. The van der Waals surface area contributed by atoms with Crippen LogP contribution < -0.4 is 15.0 Å². The van der Waals surface area contributed by atoms with Crippen LogP contribution in [0, 0.1) is 6.92 Å². The molecule has 160 valence electrons. The summed E-state index contributed by atoms with van der Waals surface area (Å²) >= 11 is 0. The zero-order valence-corrected chi connectivity index (χ0v) is 17.4. The number of urea groups is 1. The van der Waals surface area contributed by atoms with Gasteiger partial charge in [-0.25, -0.2) is 9.78 Å². The van der Waals surface area contributed by atoms with E-state index in [1.54, 1.807) is 43.7 Å². The normalized spacial score (nSPS) is 10.3. The number of rotatable bonds is 8. The van der Waals surface area contributed by atoms with Crippen LogP contribution in [0.1, 0.15) is 18.1 Å². The number of hydrogen-bond acceptors (Lipinski definition) is 6. The van der Waals surface area contributed by atoms with Crippen molar-refractivity contribution in [3.05, 3.63) is 78.2 Å². The predicted octanol–water partition coefficient (Wildman–Crippen LogP) is 3.86. The molecule has 2 aromatic heterocycles. The Hall–Kier alpha value is -3.94. The second kappa shape index (κ2) is 10.7. The van der Waals surface area contributed by atoms with Crippen LogP contribution >= 0.6 is 0 Å². The van der Waals surface area contributed by atoms with Crippen LogP contribution in [-0.2, 0) is 16.1 Å². The first-order chi connectivity index (χ1) is 15.0. The third-order valence-corrected chi connectivity index (χ3v) is 4.27. The number of aromatic nitrogens is 2. The molecule has 3 aromatic rings. The summed E-state index contributed by atoms with van der Waals surface area (Å²) < 4.78 is 10.6. The number of carbonyl (C=O) groups is 2. The van der Waals surface area contributed by atoms with Gasteiger partial charge < -0.3 is 14.8 Å². The lowest BCUT2D eigenvalue weighted by Gasteiger charge is -2.23. The van der Waals surface area contributed by atoms with Gasteiger partial charge >= 0.3 is 12.0 Å². The third kappa shape index (κ3) is 6.53. The number of anilines is 1. The highest BCUT2D eigenvalue weighted by Crippen LogP contribution is 2.23. The van der Waals surface area contributed by atoms with Gasteiger partial charge in [-0.2, -0.15) is 0 Å². The van der Waals surface area contributed by atoms with E-state index in [1.807, 2.05) is 37.3 Å². The number of amides is 2. The summed E-state index contributed by atoms with van der Waals surface area (Å²) in [5.74, 6) is 0.572. The maximum Gasteiger partial charge on any atom is 0.325 e. The minimum Gasteiger partial charge on any atom is -0.465 e. The summed E-state index contributed by atoms with van der Waals surface area (Å²) in [7, 11) is 0. The fourth-order valence-corrected chi connectivity index (χ4v) is 2.73. The van der Waals surface area contributed by atoms with E-state index < -0.39 is 12.0 Å². The molecule has 3 rings (SSSR count). The van der Waals surface area contributed by atoms with Gasteiger partial charge in [0, 0.05) is 18.5 Å². The van der Waals surface area contributed by atoms with Gasteiger partial charge in [0.05, 0.1) is 25.0 Å². The van der Waals surface area contributed by atoms with Gasteiger partial charge in [0.25, 0.3) is 0 Å². The zero-order chi connectivity index (χ0) is 22.1. The lowest BCUT2D eigenvalue weighted by atomic mass is 10.2. The van der Waals surface area contributed by atoms with Crippen molar-refractivity contribution < 1.29 is 19.1 Å². The maximum atomic E-state index is 12.8. The van der Waals surface area contributed by atoms with Crippen LogP contribution in [0.2, 0.25) is 0 Å². The molecule has 0 saturated carbocycles. The van der Waals surface area contributed by atoms with E-state index in [9.17, 15) is 9.59 Å². The number of pyridine rings is 2. The van der Waals surface area contributed by atoms with E-state index >= 15 is 0 Å². The Morgan fingerprint density at radius 2 is 1.87 bits per heavy atom. The van der Waals surface area contributed by atoms with E-state index in [0.29, 0.717) is 17.3 Å². The van der Waals surface area contributed by atoms with Crippen molar-refractivity contribution in [1.82, 2.24) is 15.3 Å². The molecule has 0 saturated heterocycles. The molecular weight excluding hydrogens is 396 g/mol. The molecule has 0 fully saturated rings. The highest BCUT2D eigenvalue weighted by atomic mass is 16.5. The lowest BCUT2D eigenvalue weighted by Crippen LogP contribution is -2.42. The molecule has 8 nitrogen and oxygen atoms in total. The largest absolute Gasteiger partial charge is 0.465 e. The number of ether oxygens (including phenoxy) is 2. The number of benzene rings is 1. The van der Waals surface area contributed by atoms with Crippen molar-refractivity contribution >= 4 is 17.7 Å². The van der Waals surface area contributed by atoms with E-state index in [4.69, 9.17) is 9.47 Å². The number of aryl methyl sites for hydroxylation is 1. The number of esters is 1. The van der Waals surface area contributed by atoms with Crippen molar-refractivity contribution in [3.63, 3.8) is 0 Å². The fraction of sp³-hybridized carbons (Fsp3) is 0.217. The molecule has 1 aromatic carbocycles. The van der Waals surface area contributed by atoms with Crippen LogP contribution in [0.5, 0.6) is 11.6 Å². The van der Waals surface area contributed by atoms with Crippen LogP contribution in [0.3, 0.4) is 0 Å².